The molecule has 0 aliphatic carbocycles. The third-order valence-corrected chi connectivity index (χ3v) is 5.95. The quantitative estimate of drug-likeness (QED) is 0.577. The van der Waals surface area contributed by atoms with Gasteiger partial charge in [0.25, 0.3) is 0 Å². The van der Waals surface area contributed by atoms with Gasteiger partial charge in [0.1, 0.15) is 0 Å². The Bertz CT molecular complexity index is 935. The highest BCUT2D eigenvalue weighted by Crippen LogP contribution is 2.26. The number of benzene rings is 2. The normalized spacial score (nSPS) is 20.7. The molecule has 140 valence electrons. The van der Waals surface area contributed by atoms with Gasteiger partial charge >= 0.3 is 0 Å². The second kappa shape index (κ2) is 7.79. The summed E-state index contributed by atoms with van der Waals surface area (Å²) in [6, 6.07) is 21.7. The van der Waals surface area contributed by atoms with Gasteiger partial charge in [-0.05, 0) is 51.0 Å². The number of hydrogen-bond acceptors (Lipinski definition) is 3. The van der Waals surface area contributed by atoms with Crippen LogP contribution in [0.3, 0.4) is 0 Å². The molecule has 2 atom stereocenters. The maximum absolute atomic E-state index is 5.88. The van der Waals surface area contributed by atoms with Crippen molar-refractivity contribution >= 4 is 12.2 Å². The summed E-state index contributed by atoms with van der Waals surface area (Å²) in [6.45, 7) is 5.36. The van der Waals surface area contributed by atoms with Crippen LogP contribution in [0.5, 0.6) is 0 Å². The summed E-state index contributed by atoms with van der Waals surface area (Å²) in [5.74, 6) is 0.893. The first-order valence-corrected chi connectivity index (χ1v) is 10.1. The summed E-state index contributed by atoms with van der Waals surface area (Å²) in [5.41, 5.74) is 2.12. The molecular formula is C22H26N4S. The van der Waals surface area contributed by atoms with Crippen LogP contribution >= 0.6 is 12.2 Å². The highest BCUT2D eigenvalue weighted by atomic mass is 32.1. The molecule has 1 aliphatic heterocycles. The Morgan fingerprint density at radius 1 is 0.926 bits per heavy atom. The van der Waals surface area contributed by atoms with Crippen LogP contribution in [0.15, 0.2) is 60.7 Å². The average Bonchev–Trinajstić information content (AvgIpc) is 3.02. The third kappa shape index (κ3) is 3.62. The van der Waals surface area contributed by atoms with E-state index in [1.165, 1.54) is 19.3 Å². The summed E-state index contributed by atoms with van der Waals surface area (Å²) < 4.78 is 4.82. The summed E-state index contributed by atoms with van der Waals surface area (Å²) in [6.07, 6.45) is 3.78. The van der Waals surface area contributed by atoms with Crippen LogP contribution in [-0.2, 0) is 6.67 Å². The predicted molar refractivity (Wildman–Crippen MR) is 112 cm³/mol. The highest BCUT2D eigenvalue weighted by molar-refractivity contribution is 7.71. The van der Waals surface area contributed by atoms with Crippen LogP contribution in [0, 0.1) is 4.77 Å². The third-order valence-electron chi connectivity index (χ3n) is 5.56. The number of hydrogen-bond donors (Lipinski definition) is 0. The van der Waals surface area contributed by atoms with Crippen molar-refractivity contribution in [1.29, 1.82) is 0 Å². The van der Waals surface area contributed by atoms with Crippen molar-refractivity contribution in [3.63, 3.8) is 0 Å². The van der Waals surface area contributed by atoms with Gasteiger partial charge in [-0.15, -0.1) is 5.10 Å². The Balaban J connectivity index is 1.80. The maximum Gasteiger partial charge on any atom is 0.204 e. The SMILES string of the molecule is C[C@@H]1CCC[C@H](C)N1Cn1nc(-c2ccccc2)n(-c2ccccc2)c1=S. The molecule has 4 rings (SSSR count). The minimum absolute atomic E-state index is 0.553. The minimum atomic E-state index is 0.553. The number of nitrogens with zero attached hydrogens (tertiary/aromatic N) is 4. The molecule has 5 heteroatoms. The lowest BCUT2D eigenvalue weighted by Crippen LogP contribution is -2.44. The lowest BCUT2D eigenvalue weighted by molar-refractivity contribution is 0.0636. The molecule has 1 aromatic heterocycles. The second-order valence-electron chi connectivity index (χ2n) is 7.43. The van der Waals surface area contributed by atoms with Gasteiger partial charge in [-0.25, -0.2) is 4.68 Å². The van der Waals surface area contributed by atoms with E-state index in [0.29, 0.717) is 12.1 Å². The van der Waals surface area contributed by atoms with E-state index in [-0.39, 0.29) is 0 Å². The van der Waals surface area contributed by atoms with E-state index in [2.05, 4.69) is 47.6 Å². The molecule has 1 fully saturated rings. The molecule has 4 nitrogen and oxygen atoms in total. The van der Waals surface area contributed by atoms with Gasteiger partial charge in [0.15, 0.2) is 5.82 Å². The zero-order chi connectivity index (χ0) is 18.8. The first kappa shape index (κ1) is 18.1. The largest absolute Gasteiger partial charge is 0.279 e. The van der Waals surface area contributed by atoms with Crippen LogP contribution in [0.2, 0.25) is 0 Å². The number of rotatable bonds is 4. The van der Waals surface area contributed by atoms with Gasteiger partial charge in [-0.3, -0.25) is 9.47 Å². The molecule has 3 aromatic rings. The van der Waals surface area contributed by atoms with Crippen LogP contribution in [0.4, 0.5) is 0 Å². The van der Waals surface area contributed by atoms with E-state index in [1.54, 1.807) is 0 Å². The van der Waals surface area contributed by atoms with E-state index in [9.17, 15) is 0 Å². The predicted octanol–water partition coefficient (Wildman–Crippen LogP) is 5.29. The fourth-order valence-corrected chi connectivity index (χ4v) is 4.28. The highest BCUT2D eigenvalue weighted by Gasteiger charge is 2.26. The summed E-state index contributed by atoms with van der Waals surface area (Å²) in [7, 11) is 0. The number of likely N-dealkylation sites (tertiary alicyclic amines) is 1. The van der Waals surface area contributed by atoms with Gasteiger partial charge in [0, 0.05) is 23.3 Å². The Hall–Kier alpha value is -2.24. The molecule has 1 saturated heterocycles. The first-order valence-electron chi connectivity index (χ1n) is 9.71. The molecule has 0 saturated carbocycles. The van der Waals surface area contributed by atoms with Gasteiger partial charge in [-0.2, -0.15) is 0 Å². The average molecular weight is 379 g/mol. The lowest BCUT2D eigenvalue weighted by Gasteiger charge is -2.38. The molecule has 0 N–H and O–H groups in total. The number of aromatic nitrogens is 3. The van der Waals surface area contributed by atoms with Gasteiger partial charge in [0.2, 0.25) is 4.77 Å². The lowest BCUT2D eigenvalue weighted by atomic mass is 9.98. The molecule has 27 heavy (non-hydrogen) atoms. The van der Waals surface area contributed by atoms with Crippen molar-refractivity contribution in [3.05, 3.63) is 65.4 Å². The monoisotopic (exact) mass is 378 g/mol. The van der Waals surface area contributed by atoms with E-state index in [1.807, 2.05) is 41.1 Å². The van der Waals surface area contributed by atoms with Crippen LogP contribution in [0.25, 0.3) is 17.1 Å². The van der Waals surface area contributed by atoms with Crippen molar-refractivity contribution in [2.45, 2.75) is 51.9 Å². The van der Waals surface area contributed by atoms with E-state index in [4.69, 9.17) is 17.3 Å². The van der Waals surface area contributed by atoms with Crippen molar-refractivity contribution in [1.82, 2.24) is 19.2 Å². The van der Waals surface area contributed by atoms with Crippen LogP contribution in [0.1, 0.15) is 33.1 Å². The van der Waals surface area contributed by atoms with Crippen molar-refractivity contribution in [2.24, 2.45) is 0 Å². The Morgan fingerprint density at radius 2 is 1.52 bits per heavy atom. The second-order valence-corrected chi connectivity index (χ2v) is 7.79. The molecular weight excluding hydrogens is 352 g/mol. The minimum Gasteiger partial charge on any atom is -0.279 e. The molecule has 0 radical (unpaired) electrons. The van der Waals surface area contributed by atoms with Crippen molar-refractivity contribution < 1.29 is 0 Å². The summed E-state index contributed by atoms with van der Waals surface area (Å²) >= 11 is 5.88. The fourth-order valence-electron chi connectivity index (χ4n) is 3.99. The standard InChI is InChI=1S/C22H26N4S/c1-17-10-9-11-18(2)24(17)16-25-22(27)26(20-14-7-4-8-15-20)21(23-25)19-12-5-3-6-13-19/h3-8,12-15,17-18H,9-11,16H2,1-2H3/t17-,18+. The van der Waals surface area contributed by atoms with Gasteiger partial charge in [-0.1, -0.05) is 55.0 Å². The van der Waals surface area contributed by atoms with Crippen LogP contribution < -0.4 is 0 Å². The number of piperidine rings is 1. The smallest absolute Gasteiger partial charge is 0.204 e. The molecule has 0 amide bonds. The zero-order valence-corrected chi connectivity index (χ0v) is 16.8. The zero-order valence-electron chi connectivity index (χ0n) is 16.0. The fraction of sp³-hybridized carbons (Fsp3) is 0.364. The molecule has 0 spiro atoms. The molecule has 2 aromatic carbocycles. The van der Waals surface area contributed by atoms with Crippen molar-refractivity contribution in [3.8, 4) is 17.1 Å². The van der Waals surface area contributed by atoms with E-state index in [0.717, 1.165) is 28.5 Å². The van der Waals surface area contributed by atoms with E-state index < -0.39 is 0 Å². The topological polar surface area (TPSA) is 26.0 Å². The Kier molecular flexibility index (Phi) is 5.23. The van der Waals surface area contributed by atoms with Gasteiger partial charge < -0.3 is 0 Å². The van der Waals surface area contributed by atoms with E-state index >= 15 is 0 Å². The Morgan fingerprint density at radius 3 is 2.15 bits per heavy atom. The molecule has 2 heterocycles. The molecule has 1 aliphatic rings. The van der Waals surface area contributed by atoms with Crippen molar-refractivity contribution in [2.75, 3.05) is 0 Å². The maximum atomic E-state index is 5.88. The molecule has 0 unspecified atom stereocenters. The molecule has 0 bridgehead atoms. The van der Waals surface area contributed by atoms with Gasteiger partial charge in [0.05, 0.1) is 6.67 Å². The summed E-state index contributed by atoms with van der Waals surface area (Å²) in [5, 5.41) is 4.95. The Labute approximate surface area is 166 Å². The number of para-hydroxylation sites is 1. The summed E-state index contributed by atoms with van der Waals surface area (Å²) in [4.78, 5) is 2.52. The van der Waals surface area contributed by atoms with Crippen LogP contribution in [-0.4, -0.2) is 31.3 Å². The first-order chi connectivity index (χ1) is 13.1.